The molecule has 2 aromatic rings. The monoisotopic (exact) mass is 552 g/mol. The number of rotatable bonds is 15. The van der Waals surface area contributed by atoms with Crippen LogP contribution in [0.1, 0.15) is 110 Å². The number of fused-ring (bicyclic) bond motifs is 1. The minimum Gasteiger partial charge on any atom is -0.493 e. The molecule has 0 amide bonds. The molecule has 40 heavy (non-hydrogen) atoms. The molecule has 2 N–H and O–H groups in total. The zero-order chi connectivity index (χ0) is 29.4. The van der Waals surface area contributed by atoms with Crippen LogP contribution in [0.3, 0.4) is 0 Å². The summed E-state index contributed by atoms with van der Waals surface area (Å²) in [5.74, 6) is 0.552. The molecule has 1 aliphatic heterocycles. The van der Waals surface area contributed by atoms with Gasteiger partial charge in [0, 0.05) is 36.0 Å². The first-order valence-corrected chi connectivity index (χ1v) is 13.9. The fourth-order valence-electron chi connectivity index (χ4n) is 4.77. The quantitative estimate of drug-likeness (QED) is 0.193. The smallest absolute Gasteiger partial charge is 0.303 e. The van der Waals surface area contributed by atoms with E-state index in [0.29, 0.717) is 66.2 Å². The van der Waals surface area contributed by atoms with Crippen molar-refractivity contribution >= 4 is 23.6 Å². The number of aliphatic carboxylic acids is 1. The minimum absolute atomic E-state index is 0.0233. The van der Waals surface area contributed by atoms with Gasteiger partial charge in [-0.15, -0.1) is 0 Å². The van der Waals surface area contributed by atoms with Gasteiger partial charge in [0.2, 0.25) is 0 Å². The molecule has 1 heterocycles. The van der Waals surface area contributed by atoms with Crippen molar-refractivity contribution in [2.45, 2.75) is 84.8 Å². The Hall–Kier alpha value is -3.65. The molecular formula is C32H40O8. The SMILES string of the molecule is CCCc1c2c(cc(C(C)=O)c1OCCCOc1ccc(C(C)=O)c(C(O)CC)c1)C=CC(C)(CCC(=O)O)O2. The average Bonchev–Trinajstić information content (AvgIpc) is 2.92. The number of hydrogen-bond acceptors (Lipinski definition) is 7. The molecule has 1 aliphatic rings. The van der Waals surface area contributed by atoms with Crippen LogP contribution in [0.4, 0.5) is 0 Å². The number of aliphatic hydroxyl groups is 1. The molecule has 216 valence electrons. The lowest BCUT2D eigenvalue weighted by atomic mass is 9.91. The third-order valence-corrected chi connectivity index (χ3v) is 6.97. The second-order valence-electron chi connectivity index (χ2n) is 10.4. The van der Waals surface area contributed by atoms with Crippen molar-refractivity contribution in [1.82, 2.24) is 0 Å². The van der Waals surface area contributed by atoms with E-state index in [4.69, 9.17) is 19.3 Å². The average molecular weight is 553 g/mol. The Kier molecular flexibility index (Phi) is 10.5. The molecule has 0 bridgehead atoms. The van der Waals surface area contributed by atoms with E-state index in [0.717, 1.165) is 17.5 Å². The first kappa shape index (κ1) is 30.9. The summed E-state index contributed by atoms with van der Waals surface area (Å²) in [6, 6.07) is 6.86. The Morgan fingerprint density at radius 1 is 1.02 bits per heavy atom. The number of ether oxygens (including phenoxy) is 3. The van der Waals surface area contributed by atoms with Crippen LogP contribution in [0.15, 0.2) is 30.3 Å². The van der Waals surface area contributed by atoms with Crippen molar-refractivity contribution in [3.05, 3.63) is 58.2 Å². The highest BCUT2D eigenvalue weighted by Gasteiger charge is 2.32. The van der Waals surface area contributed by atoms with Gasteiger partial charge < -0.3 is 24.4 Å². The van der Waals surface area contributed by atoms with Gasteiger partial charge >= 0.3 is 5.97 Å². The molecule has 2 unspecified atom stereocenters. The maximum atomic E-state index is 12.6. The molecule has 0 spiro atoms. The molecule has 0 radical (unpaired) electrons. The molecule has 0 fully saturated rings. The van der Waals surface area contributed by atoms with Crippen molar-refractivity contribution in [3.8, 4) is 17.2 Å². The predicted molar refractivity (Wildman–Crippen MR) is 153 cm³/mol. The largest absolute Gasteiger partial charge is 0.493 e. The highest BCUT2D eigenvalue weighted by Crippen LogP contribution is 2.43. The van der Waals surface area contributed by atoms with Gasteiger partial charge in [-0.2, -0.15) is 0 Å². The summed E-state index contributed by atoms with van der Waals surface area (Å²) in [6.07, 6.45) is 5.72. The summed E-state index contributed by atoms with van der Waals surface area (Å²) in [5.41, 5.74) is 2.31. The number of carbonyl (C=O) groups is 3. The van der Waals surface area contributed by atoms with Gasteiger partial charge in [-0.3, -0.25) is 14.4 Å². The minimum atomic E-state index is -0.886. The molecule has 2 aromatic carbocycles. The fraction of sp³-hybridized carbons (Fsp3) is 0.469. The van der Waals surface area contributed by atoms with Crippen LogP contribution in [0.25, 0.3) is 6.08 Å². The summed E-state index contributed by atoms with van der Waals surface area (Å²) < 4.78 is 18.5. The van der Waals surface area contributed by atoms with E-state index in [2.05, 4.69) is 0 Å². The maximum Gasteiger partial charge on any atom is 0.303 e. The van der Waals surface area contributed by atoms with Gasteiger partial charge in [0.05, 0.1) is 24.9 Å². The zero-order valence-corrected chi connectivity index (χ0v) is 24.0. The van der Waals surface area contributed by atoms with Gasteiger partial charge in [-0.1, -0.05) is 26.3 Å². The lowest BCUT2D eigenvalue weighted by Gasteiger charge is -2.33. The number of Topliss-reactive ketones (excluding diaryl/α,β-unsaturated/α-hetero) is 2. The predicted octanol–water partition coefficient (Wildman–Crippen LogP) is 6.36. The highest BCUT2D eigenvalue weighted by molar-refractivity contribution is 5.99. The fourth-order valence-corrected chi connectivity index (χ4v) is 4.77. The Bertz CT molecular complexity index is 1280. The number of aliphatic hydroxyl groups excluding tert-OH is 1. The molecule has 3 rings (SSSR count). The number of carboxylic acids is 1. The Balaban J connectivity index is 1.76. The third kappa shape index (κ3) is 7.50. The lowest BCUT2D eigenvalue weighted by Crippen LogP contribution is -2.33. The van der Waals surface area contributed by atoms with Crippen LogP contribution in [-0.4, -0.2) is 46.6 Å². The summed E-state index contributed by atoms with van der Waals surface area (Å²) in [4.78, 5) is 35.7. The molecule has 8 nitrogen and oxygen atoms in total. The van der Waals surface area contributed by atoms with Crippen molar-refractivity contribution in [2.75, 3.05) is 13.2 Å². The Labute approximate surface area is 236 Å². The first-order chi connectivity index (χ1) is 19.0. The van der Waals surface area contributed by atoms with E-state index in [-0.39, 0.29) is 24.6 Å². The van der Waals surface area contributed by atoms with Gasteiger partial charge in [0.25, 0.3) is 0 Å². The zero-order valence-electron chi connectivity index (χ0n) is 24.0. The standard InChI is InChI=1S/C32H40O8/c1-6-9-25-30-22(12-14-32(5,40-30)15-13-29(36)37)18-26(21(4)34)31(25)39-17-8-16-38-23-10-11-24(20(3)33)27(19-23)28(35)7-2/h10-12,14,18-19,28,35H,6-9,13,15-17H2,1-5H3,(H,36,37). The van der Waals surface area contributed by atoms with Crippen LogP contribution in [-0.2, 0) is 11.2 Å². The molecule has 8 heteroatoms. The normalized spacial score (nSPS) is 16.6. The van der Waals surface area contributed by atoms with Crippen molar-refractivity contribution in [2.24, 2.45) is 0 Å². The maximum absolute atomic E-state index is 12.6. The van der Waals surface area contributed by atoms with Crippen molar-refractivity contribution in [1.29, 1.82) is 0 Å². The van der Waals surface area contributed by atoms with Crippen LogP contribution >= 0.6 is 0 Å². The highest BCUT2D eigenvalue weighted by atomic mass is 16.5. The third-order valence-electron chi connectivity index (χ3n) is 6.97. The van der Waals surface area contributed by atoms with Crippen LogP contribution in [0, 0.1) is 0 Å². The van der Waals surface area contributed by atoms with Gasteiger partial charge in [0.1, 0.15) is 22.8 Å². The van der Waals surface area contributed by atoms with Gasteiger partial charge in [-0.05, 0) is 69.5 Å². The summed E-state index contributed by atoms with van der Waals surface area (Å²) in [7, 11) is 0. The molecule has 0 aromatic heterocycles. The summed E-state index contributed by atoms with van der Waals surface area (Å²) in [6.45, 7) is 9.34. The molecular weight excluding hydrogens is 512 g/mol. The first-order valence-electron chi connectivity index (χ1n) is 13.9. The molecule has 0 saturated carbocycles. The second-order valence-corrected chi connectivity index (χ2v) is 10.4. The van der Waals surface area contributed by atoms with Gasteiger partial charge in [0.15, 0.2) is 11.6 Å². The number of carbonyl (C=O) groups excluding carboxylic acids is 2. The van der Waals surface area contributed by atoms with E-state index >= 15 is 0 Å². The van der Waals surface area contributed by atoms with Crippen molar-refractivity contribution < 1.29 is 38.8 Å². The summed E-state index contributed by atoms with van der Waals surface area (Å²) >= 11 is 0. The molecule has 0 saturated heterocycles. The van der Waals surface area contributed by atoms with E-state index in [1.807, 2.05) is 32.9 Å². The number of carboxylic acid groups (broad SMARTS) is 1. The molecule has 2 atom stereocenters. The van der Waals surface area contributed by atoms with Crippen LogP contribution in [0.2, 0.25) is 0 Å². The lowest BCUT2D eigenvalue weighted by molar-refractivity contribution is -0.137. The Morgan fingerprint density at radius 3 is 2.35 bits per heavy atom. The van der Waals surface area contributed by atoms with Crippen molar-refractivity contribution in [3.63, 3.8) is 0 Å². The van der Waals surface area contributed by atoms with Gasteiger partial charge in [-0.25, -0.2) is 0 Å². The van der Waals surface area contributed by atoms with E-state index in [1.54, 1.807) is 24.3 Å². The van der Waals surface area contributed by atoms with E-state index in [1.165, 1.54) is 13.8 Å². The second kappa shape index (κ2) is 13.6. The Morgan fingerprint density at radius 2 is 1.73 bits per heavy atom. The topological polar surface area (TPSA) is 119 Å². The number of ketones is 2. The molecule has 0 aliphatic carbocycles. The number of hydrogen-bond donors (Lipinski definition) is 2. The summed E-state index contributed by atoms with van der Waals surface area (Å²) in [5, 5.41) is 19.5. The van der Waals surface area contributed by atoms with Crippen LogP contribution in [0.5, 0.6) is 17.2 Å². The number of benzene rings is 2. The van der Waals surface area contributed by atoms with Crippen LogP contribution < -0.4 is 14.2 Å². The van der Waals surface area contributed by atoms with E-state index in [9.17, 15) is 19.5 Å². The van der Waals surface area contributed by atoms with E-state index < -0.39 is 17.7 Å².